The van der Waals surface area contributed by atoms with Gasteiger partial charge in [0.15, 0.2) is 6.10 Å². The zero-order valence-electron chi connectivity index (χ0n) is 8.58. The number of esters is 1. The van der Waals surface area contributed by atoms with Crippen LogP contribution in [0, 0.1) is 5.92 Å². The monoisotopic (exact) mass is 189 g/mol. The van der Waals surface area contributed by atoms with E-state index < -0.39 is 6.10 Å². The number of methoxy groups -OCH3 is 1. The van der Waals surface area contributed by atoms with E-state index in [1.54, 1.807) is 0 Å². The summed E-state index contributed by atoms with van der Waals surface area (Å²) in [5, 5.41) is 0. The lowest BCUT2D eigenvalue weighted by atomic mass is 10.1. The van der Waals surface area contributed by atoms with Crippen LogP contribution in [0.3, 0.4) is 0 Å². The van der Waals surface area contributed by atoms with Crippen LogP contribution in [-0.2, 0) is 14.3 Å². The Kier molecular flexibility index (Phi) is 6.54. The van der Waals surface area contributed by atoms with Crippen LogP contribution in [0.4, 0.5) is 0 Å². The molecular formula is C9H19NO3. The SMILES string of the molecule is COC(CN)C(=O)OCCC(C)C. The lowest BCUT2D eigenvalue weighted by Crippen LogP contribution is -2.33. The fourth-order valence-electron chi connectivity index (χ4n) is 0.777. The molecule has 4 nitrogen and oxygen atoms in total. The molecule has 78 valence electrons. The third-order valence-corrected chi connectivity index (χ3v) is 1.70. The number of hydrogen-bond acceptors (Lipinski definition) is 4. The summed E-state index contributed by atoms with van der Waals surface area (Å²) in [6.07, 6.45) is 0.249. The molecular weight excluding hydrogens is 170 g/mol. The maximum absolute atomic E-state index is 11.2. The zero-order valence-corrected chi connectivity index (χ0v) is 8.58. The summed E-state index contributed by atoms with van der Waals surface area (Å²) in [4.78, 5) is 11.2. The van der Waals surface area contributed by atoms with Gasteiger partial charge in [-0.3, -0.25) is 0 Å². The van der Waals surface area contributed by atoms with Gasteiger partial charge in [-0.2, -0.15) is 0 Å². The van der Waals surface area contributed by atoms with E-state index in [0.29, 0.717) is 12.5 Å². The third-order valence-electron chi connectivity index (χ3n) is 1.70. The van der Waals surface area contributed by atoms with E-state index in [1.165, 1.54) is 7.11 Å². The lowest BCUT2D eigenvalue weighted by Gasteiger charge is -2.12. The highest BCUT2D eigenvalue weighted by Crippen LogP contribution is 2.00. The molecule has 0 aromatic heterocycles. The molecule has 1 atom stereocenters. The second kappa shape index (κ2) is 6.86. The largest absolute Gasteiger partial charge is 0.464 e. The van der Waals surface area contributed by atoms with Gasteiger partial charge in [-0.15, -0.1) is 0 Å². The van der Waals surface area contributed by atoms with Crippen LogP contribution in [0.1, 0.15) is 20.3 Å². The number of ether oxygens (including phenoxy) is 2. The summed E-state index contributed by atoms with van der Waals surface area (Å²) < 4.78 is 9.77. The minimum Gasteiger partial charge on any atom is -0.464 e. The maximum atomic E-state index is 11.2. The topological polar surface area (TPSA) is 61.5 Å². The van der Waals surface area contributed by atoms with Gasteiger partial charge in [-0.1, -0.05) is 13.8 Å². The van der Waals surface area contributed by atoms with Crippen LogP contribution in [0.5, 0.6) is 0 Å². The van der Waals surface area contributed by atoms with Gasteiger partial charge < -0.3 is 15.2 Å². The highest BCUT2D eigenvalue weighted by Gasteiger charge is 2.16. The first kappa shape index (κ1) is 12.4. The Bertz CT molecular complexity index is 144. The molecule has 0 aliphatic heterocycles. The second-order valence-electron chi connectivity index (χ2n) is 3.31. The number of nitrogens with two attached hydrogens (primary N) is 1. The molecule has 1 unspecified atom stereocenters. The molecule has 0 fully saturated rings. The Morgan fingerprint density at radius 1 is 1.46 bits per heavy atom. The van der Waals surface area contributed by atoms with E-state index in [2.05, 4.69) is 13.8 Å². The molecule has 0 saturated heterocycles. The average Bonchev–Trinajstić information content (AvgIpc) is 2.05. The number of rotatable bonds is 6. The summed E-state index contributed by atoms with van der Waals surface area (Å²) in [6, 6.07) is 0. The van der Waals surface area contributed by atoms with Gasteiger partial charge in [0.05, 0.1) is 6.61 Å². The Labute approximate surface area is 79.4 Å². The summed E-state index contributed by atoms with van der Waals surface area (Å²) in [5.74, 6) is 0.164. The van der Waals surface area contributed by atoms with Crippen LogP contribution in [0.2, 0.25) is 0 Å². The molecule has 0 aromatic carbocycles. The van der Waals surface area contributed by atoms with E-state index >= 15 is 0 Å². The molecule has 0 spiro atoms. The Balaban J connectivity index is 3.60. The third kappa shape index (κ3) is 5.60. The van der Waals surface area contributed by atoms with Crippen molar-refractivity contribution in [3.05, 3.63) is 0 Å². The first-order chi connectivity index (χ1) is 6.11. The Hall–Kier alpha value is -0.610. The van der Waals surface area contributed by atoms with Gasteiger partial charge in [0.25, 0.3) is 0 Å². The quantitative estimate of drug-likeness (QED) is 0.620. The lowest BCUT2D eigenvalue weighted by molar-refractivity contribution is -0.155. The van der Waals surface area contributed by atoms with E-state index in [4.69, 9.17) is 15.2 Å². The normalized spacial score (nSPS) is 13.0. The van der Waals surface area contributed by atoms with Crippen molar-refractivity contribution in [2.45, 2.75) is 26.4 Å². The van der Waals surface area contributed by atoms with Gasteiger partial charge in [0, 0.05) is 13.7 Å². The molecule has 13 heavy (non-hydrogen) atoms. The summed E-state index contributed by atoms with van der Waals surface area (Å²) in [6.45, 7) is 4.75. The van der Waals surface area contributed by atoms with Crippen molar-refractivity contribution in [2.75, 3.05) is 20.3 Å². The molecule has 0 heterocycles. The highest BCUT2D eigenvalue weighted by molar-refractivity contribution is 5.74. The standard InChI is InChI=1S/C9H19NO3/c1-7(2)4-5-13-9(11)8(6-10)12-3/h7-8H,4-6,10H2,1-3H3. The van der Waals surface area contributed by atoms with Gasteiger partial charge in [-0.05, 0) is 12.3 Å². The minimum absolute atomic E-state index is 0.164. The summed E-state index contributed by atoms with van der Waals surface area (Å²) in [7, 11) is 1.45. The van der Waals surface area contributed by atoms with Crippen LogP contribution in [0.25, 0.3) is 0 Å². The van der Waals surface area contributed by atoms with Gasteiger partial charge in [0.2, 0.25) is 0 Å². The maximum Gasteiger partial charge on any atom is 0.336 e. The Morgan fingerprint density at radius 2 is 2.08 bits per heavy atom. The van der Waals surface area contributed by atoms with Crippen LogP contribution >= 0.6 is 0 Å². The van der Waals surface area contributed by atoms with Crippen molar-refractivity contribution >= 4 is 5.97 Å². The van der Waals surface area contributed by atoms with Crippen molar-refractivity contribution in [3.8, 4) is 0 Å². The second-order valence-corrected chi connectivity index (χ2v) is 3.31. The predicted molar refractivity (Wildman–Crippen MR) is 50.3 cm³/mol. The molecule has 0 rings (SSSR count). The van der Waals surface area contributed by atoms with E-state index in [1.807, 2.05) is 0 Å². The smallest absolute Gasteiger partial charge is 0.336 e. The number of hydrogen-bond donors (Lipinski definition) is 1. The summed E-state index contributed by atoms with van der Waals surface area (Å²) in [5.41, 5.74) is 5.29. The van der Waals surface area contributed by atoms with Crippen molar-refractivity contribution in [2.24, 2.45) is 11.7 Å². The fraction of sp³-hybridized carbons (Fsp3) is 0.889. The molecule has 4 heteroatoms. The van der Waals surface area contributed by atoms with Crippen LogP contribution < -0.4 is 5.73 Å². The first-order valence-corrected chi connectivity index (χ1v) is 4.51. The molecule has 0 amide bonds. The predicted octanol–water partition coefficient (Wildman–Crippen LogP) is 0.549. The van der Waals surface area contributed by atoms with Crippen molar-refractivity contribution in [1.82, 2.24) is 0 Å². The summed E-state index contributed by atoms with van der Waals surface area (Å²) >= 11 is 0. The van der Waals surface area contributed by atoms with Crippen molar-refractivity contribution in [3.63, 3.8) is 0 Å². The van der Waals surface area contributed by atoms with Crippen LogP contribution in [0.15, 0.2) is 0 Å². The molecule has 0 aromatic rings. The Morgan fingerprint density at radius 3 is 2.46 bits per heavy atom. The van der Waals surface area contributed by atoms with Crippen LogP contribution in [-0.4, -0.2) is 32.3 Å². The number of carbonyl (C=O) groups is 1. The zero-order chi connectivity index (χ0) is 10.3. The molecule has 2 N–H and O–H groups in total. The van der Waals surface area contributed by atoms with Crippen molar-refractivity contribution in [1.29, 1.82) is 0 Å². The highest BCUT2D eigenvalue weighted by atomic mass is 16.6. The average molecular weight is 189 g/mol. The van der Waals surface area contributed by atoms with E-state index in [0.717, 1.165) is 6.42 Å². The van der Waals surface area contributed by atoms with E-state index in [9.17, 15) is 4.79 Å². The van der Waals surface area contributed by atoms with Gasteiger partial charge in [-0.25, -0.2) is 4.79 Å². The minimum atomic E-state index is -0.618. The molecule has 0 bridgehead atoms. The van der Waals surface area contributed by atoms with E-state index in [-0.39, 0.29) is 12.5 Å². The first-order valence-electron chi connectivity index (χ1n) is 4.51. The number of carbonyl (C=O) groups excluding carboxylic acids is 1. The van der Waals surface area contributed by atoms with Gasteiger partial charge >= 0.3 is 5.97 Å². The van der Waals surface area contributed by atoms with Crippen molar-refractivity contribution < 1.29 is 14.3 Å². The fourth-order valence-corrected chi connectivity index (χ4v) is 0.777. The van der Waals surface area contributed by atoms with Gasteiger partial charge in [0.1, 0.15) is 0 Å². The molecule has 0 aliphatic rings. The molecule has 0 radical (unpaired) electrons. The molecule has 0 saturated carbocycles. The molecule has 0 aliphatic carbocycles.